The van der Waals surface area contributed by atoms with Crippen LogP contribution in [0, 0.1) is 5.92 Å². The van der Waals surface area contributed by atoms with Crippen molar-refractivity contribution in [1.82, 2.24) is 4.90 Å². The van der Waals surface area contributed by atoms with Crippen molar-refractivity contribution in [3.05, 3.63) is 22.4 Å². The summed E-state index contributed by atoms with van der Waals surface area (Å²) in [6.45, 7) is 18.6. The summed E-state index contributed by atoms with van der Waals surface area (Å²) in [5.41, 5.74) is -0.844. The maximum atomic E-state index is 13.3. The lowest BCUT2D eigenvalue weighted by Crippen LogP contribution is -2.40. The molecule has 0 spiro atoms. The molecule has 0 aromatic heterocycles. The first-order valence-corrected chi connectivity index (χ1v) is 14.7. The summed E-state index contributed by atoms with van der Waals surface area (Å²) in [6.07, 6.45) is 4.09. The minimum absolute atomic E-state index is 0.0255. The van der Waals surface area contributed by atoms with Gasteiger partial charge in [-0.05, 0) is 66.0 Å². The first-order valence-electron chi connectivity index (χ1n) is 11.2. The van der Waals surface area contributed by atoms with Crippen LogP contribution in [0.2, 0.25) is 19.6 Å². The number of esters is 2. The molecule has 0 saturated carbocycles. The minimum Gasteiger partial charge on any atom is -0.457 e. The number of rotatable bonds is 4. The van der Waals surface area contributed by atoms with Gasteiger partial charge in [0.15, 0.2) is 0 Å². The van der Waals surface area contributed by atoms with Gasteiger partial charge in [-0.3, -0.25) is 4.79 Å². The van der Waals surface area contributed by atoms with Crippen molar-refractivity contribution in [2.45, 2.75) is 91.6 Å². The standard InChI is InChI=1S/C24H39NO5Si/c1-23(2,3)29-21(27)17-14-16(20(26)25-12-10-11-13-25)15-18(31(7,8)9)19(17)22(28)30-24(4,5)6/h15-16H,10-14H2,1-9H3. The molecule has 7 heteroatoms. The van der Waals surface area contributed by atoms with E-state index in [1.807, 2.05) is 11.0 Å². The van der Waals surface area contributed by atoms with Gasteiger partial charge in [0.05, 0.1) is 25.1 Å². The Labute approximate surface area is 188 Å². The molecule has 2 rings (SSSR count). The summed E-state index contributed by atoms with van der Waals surface area (Å²) in [7, 11) is -2.11. The predicted molar refractivity (Wildman–Crippen MR) is 124 cm³/mol. The Bertz CT molecular complexity index is 799. The van der Waals surface area contributed by atoms with E-state index in [2.05, 4.69) is 19.6 Å². The van der Waals surface area contributed by atoms with E-state index in [1.165, 1.54) is 0 Å². The van der Waals surface area contributed by atoms with Crippen LogP contribution in [0.15, 0.2) is 22.4 Å². The van der Waals surface area contributed by atoms with E-state index < -0.39 is 37.1 Å². The highest BCUT2D eigenvalue weighted by Gasteiger charge is 2.41. The van der Waals surface area contributed by atoms with Crippen molar-refractivity contribution >= 4 is 25.9 Å². The molecule has 1 atom stereocenters. The molecule has 1 heterocycles. The average molecular weight is 450 g/mol. The van der Waals surface area contributed by atoms with Gasteiger partial charge in [0, 0.05) is 13.1 Å². The van der Waals surface area contributed by atoms with Gasteiger partial charge in [0.1, 0.15) is 11.2 Å². The lowest BCUT2D eigenvalue weighted by molar-refractivity contribution is -0.153. The number of ether oxygens (including phenoxy) is 2. The third-order valence-corrected chi connectivity index (χ3v) is 7.19. The normalized spacial score (nSPS) is 20.5. The van der Waals surface area contributed by atoms with Crippen LogP contribution in [0.3, 0.4) is 0 Å². The number of amides is 1. The second-order valence-corrected chi connectivity index (χ2v) is 16.6. The zero-order chi connectivity index (χ0) is 23.8. The highest BCUT2D eigenvalue weighted by molar-refractivity contribution is 6.84. The Hall–Kier alpha value is -1.89. The van der Waals surface area contributed by atoms with Gasteiger partial charge < -0.3 is 14.4 Å². The van der Waals surface area contributed by atoms with Crippen LogP contribution in [0.4, 0.5) is 0 Å². The smallest absolute Gasteiger partial charge is 0.339 e. The molecule has 0 aromatic carbocycles. The monoisotopic (exact) mass is 449 g/mol. The van der Waals surface area contributed by atoms with Crippen LogP contribution in [-0.4, -0.2) is 55.1 Å². The van der Waals surface area contributed by atoms with Crippen LogP contribution in [0.25, 0.3) is 0 Å². The van der Waals surface area contributed by atoms with Crippen LogP contribution >= 0.6 is 0 Å². The highest BCUT2D eigenvalue weighted by Crippen LogP contribution is 2.38. The molecule has 31 heavy (non-hydrogen) atoms. The first kappa shape index (κ1) is 25.4. The number of hydrogen-bond acceptors (Lipinski definition) is 5. The lowest BCUT2D eigenvalue weighted by Gasteiger charge is -2.34. The van der Waals surface area contributed by atoms with E-state index in [4.69, 9.17) is 9.47 Å². The van der Waals surface area contributed by atoms with Gasteiger partial charge in [-0.15, -0.1) is 0 Å². The molecule has 1 amide bonds. The Kier molecular flexibility index (Phi) is 7.30. The number of likely N-dealkylation sites (tertiary alicyclic amines) is 1. The van der Waals surface area contributed by atoms with E-state index >= 15 is 0 Å². The van der Waals surface area contributed by atoms with Crippen molar-refractivity contribution in [3.8, 4) is 0 Å². The van der Waals surface area contributed by atoms with Crippen molar-refractivity contribution in [2.24, 2.45) is 5.92 Å². The van der Waals surface area contributed by atoms with Gasteiger partial charge in [-0.2, -0.15) is 0 Å². The summed E-state index contributed by atoms with van der Waals surface area (Å²) < 4.78 is 11.4. The second-order valence-electron chi connectivity index (χ2n) is 11.5. The number of carbonyl (C=O) groups excluding carboxylic acids is 3. The summed E-state index contributed by atoms with van der Waals surface area (Å²) in [5.74, 6) is -1.50. The highest BCUT2D eigenvalue weighted by atomic mass is 28.3. The molecule has 1 saturated heterocycles. The maximum Gasteiger partial charge on any atom is 0.339 e. The van der Waals surface area contributed by atoms with E-state index in [9.17, 15) is 14.4 Å². The summed E-state index contributed by atoms with van der Waals surface area (Å²) in [6, 6.07) is 0. The topological polar surface area (TPSA) is 72.9 Å². The minimum atomic E-state index is -2.11. The molecule has 1 aliphatic heterocycles. The lowest BCUT2D eigenvalue weighted by atomic mass is 9.88. The third-order valence-electron chi connectivity index (χ3n) is 5.15. The molecule has 1 fully saturated rings. The molecule has 0 radical (unpaired) electrons. The molecule has 0 bridgehead atoms. The van der Waals surface area contributed by atoms with Crippen LogP contribution < -0.4 is 0 Å². The maximum absolute atomic E-state index is 13.3. The quantitative estimate of drug-likeness (QED) is 0.469. The van der Waals surface area contributed by atoms with Crippen molar-refractivity contribution in [1.29, 1.82) is 0 Å². The van der Waals surface area contributed by atoms with Gasteiger partial charge in [-0.1, -0.05) is 25.7 Å². The van der Waals surface area contributed by atoms with Crippen molar-refractivity contribution in [2.75, 3.05) is 13.1 Å². The summed E-state index contributed by atoms with van der Waals surface area (Å²) in [4.78, 5) is 41.6. The third kappa shape index (κ3) is 6.79. The fourth-order valence-electron chi connectivity index (χ4n) is 3.87. The van der Waals surface area contributed by atoms with Crippen molar-refractivity contribution < 1.29 is 23.9 Å². The van der Waals surface area contributed by atoms with E-state index in [0.717, 1.165) is 31.1 Å². The molecule has 2 aliphatic rings. The van der Waals surface area contributed by atoms with Crippen molar-refractivity contribution in [3.63, 3.8) is 0 Å². The van der Waals surface area contributed by atoms with Gasteiger partial charge in [-0.25, -0.2) is 9.59 Å². The molecular weight excluding hydrogens is 410 g/mol. The molecule has 174 valence electrons. The number of nitrogens with zero attached hydrogens (tertiary/aromatic N) is 1. The zero-order valence-electron chi connectivity index (χ0n) is 20.7. The Balaban J connectivity index is 2.59. The molecular formula is C24H39NO5Si. The second kappa shape index (κ2) is 8.92. The Morgan fingerprint density at radius 2 is 1.39 bits per heavy atom. The Morgan fingerprint density at radius 3 is 1.84 bits per heavy atom. The predicted octanol–water partition coefficient (Wildman–Crippen LogP) is 4.41. The summed E-state index contributed by atoms with van der Waals surface area (Å²) >= 11 is 0. The van der Waals surface area contributed by atoms with E-state index in [-0.39, 0.29) is 17.9 Å². The van der Waals surface area contributed by atoms with Crippen LogP contribution in [0.5, 0.6) is 0 Å². The first-order chi connectivity index (χ1) is 14.0. The molecule has 6 nitrogen and oxygen atoms in total. The fourth-order valence-corrected chi connectivity index (χ4v) is 5.58. The molecule has 1 aliphatic carbocycles. The van der Waals surface area contributed by atoms with E-state index in [1.54, 1.807) is 41.5 Å². The molecule has 0 N–H and O–H groups in total. The average Bonchev–Trinajstić information content (AvgIpc) is 3.10. The van der Waals surface area contributed by atoms with Gasteiger partial charge in [0.2, 0.25) is 5.91 Å². The number of hydrogen-bond donors (Lipinski definition) is 0. The van der Waals surface area contributed by atoms with E-state index in [0.29, 0.717) is 5.57 Å². The fraction of sp³-hybridized carbons (Fsp3) is 0.708. The zero-order valence-corrected chi connectivity index (χ0v) is 21.7. The largest absolute Gasteiger partial charge is 0.457 e. The molecule has 0 aromatic rings. The van der Waals surface area contributed by atoms with Gasteiger partial charge in [0.25, 0.3) is 0 Å². The number of carbonyl (C=O) groups is 3. The van der Waals surface area contributed by atoms with Gasteiger partial charge >= 0.3 is 11.9 Å². The SMILES string of the molecule is CC(C)(C)OC(=O)C1=C(C(=O)OC(C)(C)C)C([Si](C)(C)C)=CC(C(=O)N2CCCC2)C1. The van der Waals surface area contributed by atoms with Crippen LogP contribution in [0.1, 0.15) is 60.8 Å². The van der Waals surface area contributed by atoms with Crippen LogP contribution in [-0.2, 0) is 23.9 Å². The molecule has 1 unspecified atom stereocenters. The summed E-state index contributed by atoms with van der Waals surface area (Å²) in [5, 5.41) is 0.798. The Morgan fingerprint density at radius 1 is 0.903 bits per heavy atom.